The van der Waals surface area contributed by atoms with Crippen LogP contribution in [0.3, 0.4) is 0 Å². The van der Waals surface area contributed by atoms with Crippen LogP contribution >= 0.6 is 11.6 Å². The van der Waals surface area contributed by atoms with Gasteiger partial charge in [0.2, 0.25) is 5.95 Å². The van der Waals surface area contributed by atoms with Crippen LogP contribution in [0.15, 0.2) is 60.7 Å². The first kappa shape index (κ1) is 32.3. The lowest BCUT2D eigenvalue weighted by Gasteiger charge is -2.31. The Morgan fingerprint density at radius 2 is 1.75 bits per heavy atom. The first-order valence-corrected chi connectivity index (χ1v) is 14.5. The summed E-state index contributed by atoms with van der Waals surface area (Å²) in [6, 6.07) is 14.6. The second-order valence-electron chi connectivity index (χ2n) is 9.99. The van der Waals surface area contributed by atoms with Crippen molar-refractivity contribution in [3.8, 4) is 11.3 Å². The summed E-state index contributed by atoms with van der Waals surface area (Å²) in [4.78, 5) is 38.4. The van der Waals surface area contributed by atoms with Crippen molar-refractivity contribution in [1.29, 1.82) is 0 Å². The zero-order chi connectivity index (χ0) is 32.0. The number of benzene rings is 3. The van der Waals surface area contributed by atoms with Gasteiger partial charge in [0.1, 0.15) is 17.3 Å². The number of nitrogens with one attached hydrogen (secondary N) is 3. The summed E-state index contributed by atoms with van der Waals surface area (Å²) < 4.78 is 29.9. The number of aryl methyl sites for hydroxylation is 1. The highest BCUT2D eigenvalue weighted by molar-refractivity contribution is 6.31. The van der Waals surface area contributed by atoms with Crippen molar-refractivity contribution < 1.29 is 18.4 Å². The lowest BCUT2D eigenvalue weighted by molar-refractivity contribution is 0.102. The maximum absolute atomic E-state index is 14.9. The summed E-state index contributed by atoms with van der Waals surface area (Å²) in [5.74, 6) is -2.01. The number of carbonyl (C=O) groups is 2. The van der Waals surface area contributed by atoms with Crippen LogP contribution in [0.1, 0.15) is 35.3 Å². The number of halogens is 3. The Labute approximate surface area is 260 Å². The molecule has 0 unspecified atom stereocenters. The van der Waals surface area contributed by atoms with Gasteiger partial charge in [0, 0.05) is 40.5 Å². The van der Waals surface area contributed by atoms with Gasteiger partial charge in [-0.05, 0) is 69.0 Å². The number of anilines is 4. The lowest BCUT2D eigenvalue weighted by Crippen LogP contribution is -2.43. The molecule has 2 heterocycles. The summed E-state index contributed by atoms with van der Waals surface area (Å²) in [7, 11) is 3.83. The maximum Gasteiger partial charge on any atom is 0.328 e. The fourth-order valence-corrected chi connectivity index (χ4v) is 4.74. The summed E-state index contributed by atoms with van der Waals surface area (Å²) in [6.45, 7) is 6.98. The molecule has 0 aliphatic carbocycles. The Bertz CT molecular complexity index is 1660. The predicted molar refractivity (Wildman–Crippen MR) is 171 cm³/mol. The van der Waals surface area contributed by atoms with Crippen molar-refractivity contribution in [2.45, 2.75) is 27.3 Å². The average Bonchev–Trinajstić information content (AvgIpc) is 2.99. The molecule has 1 aromatic heterocycles. The van der Waals surface area contributed by atoms with E-state index in [0.717, 1.165) is 22.6 Å². The minimum atomic E-state index is -0.920. The summed E-state index contributed by atoms with van der Waals surface area (Å²) in [5.41, 5.74) is 2.55. The topological polar surface area (TPSA) is 102 Å². The highest BCUT2D eigenvalue weighted by Gasteiger charge is 2.34. The Hall–Kier alpha value is -4.61. The maximum atomic E-state index is 14.9. The number of likely N-dealkylation sites (N-methyl/N-ethyl adjacent to an activating group) is 1. The lowest BCUT2D eigenvalue weighted by atomic mass is 9.97. The van der Waals surface area contributed by atoms with Gasteiger partial charge in [-0.2, -0.15) is 4.98 Å². The average molecular weight is 622 g/mol. The summed E-state index contributed by atoms with van der Waals surface area (Å²) in [5, 5.41) is 9.14. The second-order valence-corrected chi connectivity index (χ2v) is 10.4. The van der Waals surface area contributed by atoms with Crippen molar-refractivity contribution in [1.82, 2.24) is 20.2 Å². The Kier molecular flexibility index (Phi) is 10.5. The Balaban J connectivity index is 0.00000216. The van der Waals surface area contributed by atoms with Gasteiger partial charge in [-0.15, -0.1) is 0 Å². The molecule has 0 saturated carbocycles. The zero-order valence-electron chi connectivity index (χ0n) is 25.1. The molecule has 0 radical (unpaired) electrons. The zero-order valence-corrected chi connectivity index (χ0v) is 25.9. The normalized spacial score (nSPS) is 12.2. The van der Waals surface area contributed by atoms with Crippen LogP contribution in [-0.2, 0) is 6.54 Å². The van der Waals surface area contributed by atoms with E-state index in [0.29, 0.717) is 46.2 Å². The fraction of sp³-hybridized carbons (Fsp3) is 0.250. The van der Waals surface area contributed by atoms with E-state index in [9.17, 15) is 18.4 Å². The first-order chi connectivity index (χ1) is 21.1. The molecule has 230 valence electrons. The molecule has 0 bridgehead atoms. The van der Waals surface area contributed by atoms with Gasteiger partial charge in [0.15, 0.2) is 5.82 Å². The number of rotatable bonds is 8. The number of nitrogens with zero attached hydrogens (tertiary/aromatic N) is 4. The number of para-hydroxylation sites is 1. The van der Waals surface area contributed by atoms with Crippen LogP contribution < -0.4 is 20.9 Å². The van der Waals surface area contributed by atoms with Crippen LogP contribution in [0.4, 0.5) is 36.7 Å². The van der Waals surface area contributed by atoms with Crippen LogP contribution in [0.25, 0.3) is 11.3 Å². The van der Waals surface area contributed by atoms with Crippen molar-refractivity contribution in [2.24, 2.45) is 0 Å². The van der Waals surface area contributed by atoms with Crippen molar-refractivity contribution in [3.05, 3.63) is 94.0 Å². The molecule has 1 aliphatic rings. The van der Waals surface area contributed by atoms with Crippen LogP contribution in [-0.4, -0.2) is 54.0 Å². The van der Waals surface area contributed by atoms with Gasteiger partial charge in [-0.25, -0.2) is 23.5 Å². The fourth-order valence-electron chi connectivity index (χ4n) is 4.55. The van der Waals surface area contributed by atoms with E-state index in [1.807, 2.05) is 39.8 Å². The number of hydrogen-bond donors (Lipinski definition) is 3. The van der Waals surface area contributed by atoms with Gasteiger partial charge in [0.05, 0.1) is 12.2 Å². The van der Waals surface area contributed by atoms with Crippen LogP contribution in [0.2, 0.25) is 5.02 Å². The molecular formula is C32H34ClF2N7O2. The minimum Gasteiger partial charge on any atom is -0.353 e. The first-order valence-electron chi connectivity index (χ1n) is 14.1. The minimum absolute atomic E-state index is 0.00638. The number of urea groups is 1. The molecule has 44 heavy (non-hydrogen) atoms. The number of amides is 3. The van der Waals surface area contributed by atoms with E-state index in [1.54, 1.807) is 42.5 Å². The molecule has 4 aromatic rings. The predicted octanol–water partition coefficient (Wildman–Crippen LogP) is 7.00. The van der Waals surface area contributed by atoms with Crippen LogP contribution in [0.5, 0.6) is 0 Å². The largest absolute Gasteiger partial charge is 0.353 e. The van der Waals surface area contributed by atoms with E-state index in [-0.39, 0.29) is 24.2 Å². The monoisotopic (exact) mass is 621 g/mol. The number of fused-ring (bicyclic) bond motifs is 1. The van der Waals surface area contributed by atoms with Gasteiger partial charge in [-0.3, -0.25) is 4.79 Å². The highest BCUT2D eigenvalue weighted by Crippen LogP contribution is 2.39. The molecule has 5 rings (SSSR count). The standard InChI is InChI=1S/C30H28ClF2N7O2.C2H6/c1-17-10-11-18(28(41)36-20-7-4-6-19(31)15-20)14-21(17)25-22-16-35-30(42)40(26-23(32)8-5-9-24(26)33)27(22)38-29(37-25)34-12-13-39(2)3;1-2/h4-11,14-15H,12-13,16H2,1-3H3,(H,35,42)(H,36,41)(H,34,37,38);1-2H3. The Morgan fingerprint density at radius 1 is 1.05 bits per heavy atom. The number of aromatic nitrogens is 2. The molecule has 0 atom stereocenters. The summed E-state index contributed by atoms with van der Waals surface area (Å²) >= 11 is 6.07. The molecule has 3 aromatic carbocycles. The molecule has 3 amide bonds. The summed E-state index contributed by atoms with van der Waals surface area (Å²) in [6.07, 6.45) is 0. The van der Waals surface area contributed by atoms with Crippen molar-refractivity contribution >= 4 is 46.7 Å². The molecule has 12 heteroatoms. The van der Waals surface area contributed by atoms with Crippen molar-refractivity contribution in [2.75, 3.05) is 42.7 Å². The van der Waals surface area contributed by atoms with E-state index in [2.05, 4.69) is 20.9 Å². The second kappa shape index (κ2) is 14.2. The highest BCUT2D eigenvalue weighted by atomic mass is 35.5. The number of hydrogen-bond acceptors (Lipinski definition) is 6. The smallest absolute Gasteiger partial charge is 0.328 e. The third-order valence-electron chi connectivity index (χ3n) is 6.66. The van der Waals surface area contributed by atoms with Crippen LogP contribution in [0, 0.1) is 18.6 Å². The molecule has 9 nitrogen and oxygen atoms in total. The van der Waals surface area contributed by atoms with E-state index in [4.69, 9.17) is 16.6 Å². The third kappa shape index (κ3) is 7.12. The third-order valence-corrected chi connectivity index (χ3v) is 6.89. The molecule has 0 saturated heterocycles. The van der Waals surface area contributed by atoms with E-state index in [1.165, 1.54) is 6.07 Å². The van der Waals surface area contributed by atoms with E-state index >= 15 is 0 Å². The van der Waals surface area contributed by atoms with Gasteiger partial charge in [0.25, 0.3) is 5.91 Å². The van der Waals surface area contributed by atoms with Gasteiger partial charge in [-0.1, -0.05) is 43.6 Å². The van der Waals surface area contributed by atoms with E-state index < -0.39 is 23.4 Å². The molecule has 0 spiro atoms. The van der Waals surface area contributed by atoms with Gasteiger partial charge >= 0.3 is 6.03 Å². The molecule has 1 aliphatic heterocycles. The molecule has 3 N–H and O–H groups in total. The Morgan fingerprint density at radius 3 is 2.43 bits per heavy atom. The molecule has 0 fully saturated rings. The number of carbonyl (C=O) groups excluding carboxylic acids is 2. The SMILES string of the molecule is CC.Cc1ccc(C(=O)Nc2cccc(Cl)c2)cc1-c1nc(NCCN(C)C)nc2c1CNC(=O)N2c1c(F)cccc1F. The quantitative estimate of drug-likeness (QED) is 0.196. The molecular weight excluding hydrogens is 588 g/mol. The van der Waals surface area contributed by atoms with Gasteiger partial charge < -0.3 is 20.9 Å². The van der Waals surface area contributed by atoms with Crippen molar-refractivity contribution in [3.63, 3.8) is 0 Å².